The molecule has 1 heterocycles. The summed E-state index contributed by atoms with van der Waals surface area (Å²) in [5, 5.41) is 2.62. The van der Waals surface area contributed by atoms with Gasteiger partial charge in [-0.15, -0.1) is 0 Å². The van der Waals surface area contributed by atoms with Gasteiger partial charge in [0.15, 0.2) is 0 Å². The van der Waals surface area contributed by atoms with E-state index in [0.717, 1.165) is 9.65 Å². The third-order valence-electron chi connectivity index (χ3n) is 3.10. The van der Waals surface area contributed by atoms with Crippen molar-refractivity contribution < 1.29 is 18.0 Å². The summed E-state index contributed by atoms with van der Waals surface area (Å²) in [4.78, 5) is 11.9. The summed E-state index contributed by atoms with van der Waals surface area (Å²) in [5.41, 5.74) is 0.853. The van der Waals surface area contributed by atoms with Crippen LogP contribution in [0.4, 0.5) is 18.9 Å². The number of nitrogens with one attached hydrogen (secondary N) is 1. The lowest BCUT2D eigenvalue weighted by atomic mass is 10.0. The highest BCUT2D eigenvalue weighted by molar-refractivity contribution is 14.1. The Morgan fingerprint density at radius 2 is 1.71 bits per heavy atom. The molecular formula is C15H7F3INO. The first-order chi connectivity index (χ1) is 9.95. The Labute approximate surface area is 131 Å². The third kappa shape index (κ3) is 2.55. The van der Waals surface area contributed by atoms with Crippen LogP contribution in [0.1, 0.15) is 11.1 Å². The maximum atomic E-state index is 13.7. The van der Waals surface area contributed by atoms with E-state index in [-0.39, 0.29) is 5.57 Å². The van der Waals surface area contributed by atoms with Gasteiger partial charge in [-0.3, -0.25) is 4.79 Å². The standard InChI is InChI=1S/C15H7F3INO/c16-7-3-12(17)11(13(18)4-7)6-10-9-5-8(19)1-2-14(9)20-15(10)21/h1-6H,(H,20,21). The van der Waals surface area contributed by atoms with E-state index in [9.17, 15) is 18.0 Å². The smallest absolute Gasteiger partial charge is 0.256 e. The van der Waals surface area contributed by atoms with Crippen molar-refractivity contribution >= 4 is 45.8 Å². The predicted molar refractivity (Wildman–Crippen MR) is 82.0 cm³/mol. The summed E-state index contributed by atoms with van der Waals surface area (Å²) in [6, 6.07) is 6.42. The van der Waals surface area contributed by atoms with E-state index in [0.29, 0.717) is 23.4 Å². The normalized spacial score (nSPS) is 15.2. The number of fused-ring (bicyclic) bond motifs is 1. The molecule has 0 bridgehead atoms. The molecule has 0 unspecified atom stereocenters. The minimum Gasteiger partial charge on any atom is -0.321 e. The quantitative estimate of drug-likeness (QED) is 0.564. The second-order valence-corrected chi connectivity index (χ2v) is 5.73. The van der Waals surface area contributed by atoms with Crippen LogP contribution in [0.25, 0.3) is 11.6 Å². The van der Waals surface area contributed by atoms with Crippen LogP contribution in [0.5, 0.6) is 0 Å². The molecule has 0 atom stereocenters. The van der Waals surface area contributed by atoms with Gasteiger partial charge in [0.05, 0.1) is 0 Å². The molecule has 2 nitrogen and oxygen atoms in total. The molecule has 1 aliphatic heterocycles. The topological polar surface area (TPSA) is 29.1 Å². The molecule has 106 valence electrons. The third-order valence-corrected chi connectivity index (χ3v) is 3.77. The first kappa shape index (κ1) is 14.1. The number of carbonyl (C=O) groups is 1. The molecule has 0 saturated heterocycles. The lowest BCUT2D eigenvalue weighted by Crippen LogP contribution is -2.04. The van der Waals surface area contributed by atoms with Crippen molar-refractivity contribution in [3.05, 3.63) is 62.5 Å². The number of carbonyl (C=O) groups excluding carboxylic acids is 1. The molecule has 6 heteroatoms. The first-order valence-corrected chi connectivity index (χ1v) is 7.01. The summed E-state index contributed by atoms with van der Waals surface area (Å²) >= 11 is 2.08. The zero-order valence-electron chi connectivity index (χ0n) is 10.4. The van der Waals surface area contributed by atoms with Crippen LogP contribution in [-0.2, 0) is 4.79 Å². The van der Waals surface area contributed by atoms with Gasteiger partial charge in [0.1, 0.15) is 17.5 Å². The van der Waals surface area contributed by atoms with Crippen LogP contribution in [0.3, 0.4) is 0 Å². The molecule has 0 aromatic heterocycles. The Kier molecular flexibility index (Phi) is 3.48. The van der Waals surface area contributed by atoms with Crippen LogP contribution in [0.2, 0.25) is 0 Å². The zero-order valence-corrected chi connectivity index (χ0v) is 12.5. The van der Waals surface area contributed by atoms with Crippen molar-refractivity contribution in [2.45, 2.75) is 0 Å². The van der Waals surface area contributed by atoms with Crippen LogP contribution in [0, 0.1) is 21.0 Å². The molecule has 0 radical (unpaired) electrons. The van der Waals surface area contributed by atoms with Crippen LogP contribution < -0.4 is 5.32 Å². The Morgan fingerprint density at radius 3 is 2.38 bits per heavy atom. The van der Waals surface area contributed by atoms with Crippen molar-refractivity contribution in [3.63, 3.8) is 0 Å². The molecule has 0 aliphatic carbocycles. The van der Waals surface area contributed by atoms with Gasteiger partial charge in [-0.25, -0.2) is 13.2 Å². The Balaban J connectivity index is 2.18. The summed E-state index contributed by atoms with van der Waals surface area (Å²) in [6.45, 7) is 0. The average Bonchev–Trinajstić information content (AvgIpc) is 2.69. The van der Waals surface area contributed by atoms with Crippen LogP contribution >= 0.6 is 22.6 Å². The Bertz CT molecular complexity index is 778. The minimum atomic E-state index is -1.05. The maximum absolute atomic E-state index is 13.7. The van der Waals surface area contributed by atoms with E-state index >= 15 is 0 Å². The van der Waals surface area contributed by atoms with Gasteiger partial charge in [-0.1, -0.05) is 0 Å². The SMILES string of the molecule is O=C1Nc2ccc(I)cc2C1=Cc1c(F)cc(F)cc1F. The molecule has 0 saturated carbocycles. The molecule has 1 aliphatic rings. The first-order valence-electron chi connectivity index (χ1n) is 5.93. The largest absolute Gasteiger partial charge is 0.321 e. The van der Waals surface area contributed by atoms with Gasteiger partial charge in [-0.2, -0.15) is 0 Å². The zero-order chi connectivity index (χ0) is 15.1. The summed E-state index contributed by atoms with van der Waals surface area (Å²) in [5.74, 6) is -3.55. The van der Waals surface area contributed by atoms with E-state index in [4.69, 9.17) is 0 Å². The summed E-state index contributed by atoms with van der Waals surface area (Å²) in [7, 11) is 0. The second kappa shape index (κ2) is 5.18. The highest BCUT2D eigenvalue weighted by Crippen LogP contribution is 2.34. The van der Waals surface area contributed by atoms with Gasteiger partial charge in [-0.05, 0) is 46.9 Å². The van der Waals surface area contributed by atoms with Gasteiger partial charge >= 0.3 is 0 Å². The van der Waals surface area contributed by atoms with Crippen LogP contribution in [0.15, 0.2) is 30.3 Å². The number of hydrogen-bond donors (Lipinski definition) is 1. The lowest BCUT2D eigenvalue weighted by Gasteiger charge is -2.03. The molecular weight excluding hydrogens is 394 g/mol. The molecule has 3 rings (SSSR count). The highest BCUT2D eigenvalue weighted by Gasteiger charge is 2.25. The predicted octanol–water partition coefficient (Wildman–Crippen LogP) is 4.20. The molecule has 2 aromatic rings. The number of halogens is 4. The maximum Gasteiger partial charge on any atom is 0.256 e. The van der Waals surface area contributed by atoms with Gasteiger partial charge in [0.25, 0.3) is 5.91 Å². The number of anilines is 1. The molecule has 0 fully saturated rings. The Morgan fingerprint density at radius 1 is 1.05 bits per heavy atom. The average molecular weight is 401 g/mol. The van der Waals surface area contributed by atoms with Gasteiger partial charge in [0, 0.05) is 38.1 Å². The monoisotopic (exact) mass is 401 g/mol. The molecule has 21 heavy (non-hydrogen) atoms. The number of amides is 1. The van der Waals surface area contributed by atoms with Crippen molar-refractivity contribution in [2.75, 3.05) is 5.32 Å². The van der Waals surface area contributed by atoms with E-state index in [1.807, 2.05) is 6.07 Å². The summed E-state index contributed by atoms with van der Waals surface area (Å²) < 4.78 is 41.2. The van der Waals surface area contributed by atoms with Crippen LogP contribution in [-0.4, -0.2) is 5.91 Å². The van der Waals surface area contributed by atoms with E-state index in [1.165, 1.54) is 0 Å². The molecule has 1 N–H and O–H groups in total. The van der Waals surface area contributed by atoms with Crippen molar-refractivity contribution in [1.29, 1.82) is 0 Å². The van der Waals surface area contributed by atoms with Crippen molar-refractivity contribution in [2.24, 2.45) is 0 Å². The fraction of sp³-hybridized carbons (Fsp3) is 0. The van der Waals surface area contributed by atoms with E-state index in [1.54, 1.807) is 12.1 Å². The van der Waals surface area contributed by atoms with Crippen molar-refractivity contribution in [3.8, 4) is 0 Å². The molecule has 1 amide bonds. The van der Waals surface area contributed by atoms with Crippen molar-refractivity contribution in [1.82, 2.24) is 0 Å². The van der Waals surface area contributed by atoms with Gasteiger partial charge < -0.3 is 5.32 Å². The highest BCUT2D eigenvalue weighted by atomic mass is 127. The minimum absolute atomic E-state index is 0.146. The van der Waals surface area contributed by atoms with E-state index in [2.05, 4.69) is 27.9 Å². The number of benzene rings is 2. The molecule has 2 aromatic carbocycles. The lowest BCUT2D eigenvalue weighted by molar-refractivity contribution is -0.110. The number of hydrogen-bond acceptors (Lipinski definition) is 1. The fourth-order valence-corrected chi connectivity index (χ4v) is 2.63. The second-order valence-electron chi connectivity index (χ2n) is 4.49. The summed E-state index contributed by atoms with van der Waals surface area (Å²) in [6.07, 6.45) is 1.10. The Hall–Kier alpha value is -1.83. The fourth-order valence-electron chi connectivity index (χ4n) is 2.14. The van der Waals surface area contributed by atoms with Gasteiger partial charge in [0.2, 0.25) is 0 Å². The molecule has 0 spiro atoms. The van der Waals surface area contributed by atoms with E-state index < -0.39 is 28.9 Å². The number of rotatable bonds is 1.